The molecule has 0 spiro atoms. The lowest BCUT2D eigenvalue weighted by atomic mass is 9.70. The molecule has 9 heavy (non-hydrogen) atoms. The molecule has 0 aliphatic heterocycles. The molecule has 2 aliphatic rings. The largest absolute Gasteiger partial charge is 0.393 e. The Bertz CT molecular complexity index is 143. The average molecular weight is 124 g/mol. The van der Waals surface area contributed by atoms with Crippen LogP contribution in [0.4, 0.5) is 0 Å². The van der Waals surface area contributed by atoms with Crippen molar-refractivity contribution in [1.29, 1.82) is 0 Å². The summed E-state index contributed by atoms with van der Waals surface area (Å²) in [7, 11) is 0. The fourth-order valence-electron chi connectivity index (χ4n) is 2.08. The minimum Gasteiger partial charge on any atom is -0.393 e. The maximum absolute atomic E-state index is 9.25. The van der Waals surface area contributed by atoms with Gasteiger partial charge in [0.1, 0.15) is 0 Å². The Hall–Kier alpha value is -0.300. The molecular weight excluding hydrogens is 112 g/mol. The van der Waals surface area contributed by atoms with Crippen molar-refractivity contribution in [3.63, 3.8) is 0 Å². The van der Waals surface area contributed by atoms with Gasteiger partial charge in [0.05, 0.1) is 6.10 Å². The first kappa shape index (κ1) is 5.48. The Labute approximate surface area is 55.4 Å². The summed E-state index contributed by atoms with van der Waals surface area (Å²) in [6.07, 6.45) is 5.49. The molecule has 0 bridgehead atoms. The van der Waals surface area contributed by atoms with E-state index in [2.05, 4.69) is 19.1 Å². The van der Waals surface area contributed by atoms with E-state index in [1.807, 2.05) is 0 Å². The molecule has 0 saturated heterocycles. The highest BCUT2D eigenvalue weighted by Crippen LogP contribution is 2.45. The number of fused-ring (bicyclic) bond motifs is 1. The van der Waals surface area contributed by atoms with E-state index in [1.54, 1.807) is 0 Å². The van der Waals surface area contributed by atoms with E-state index < -0.39 is 0 Å². The van der Waals surface area contributed by atoms with Gasteiger partial charge in [0.25, 0.3) is 0 Å². The quantitative estimate of drug-likeness (QED) is 0.481. The fraction of sp³-hybridized carbons (Fsp3) is 0.750. The number of allylic oxidation sites excluding steroid dienone is 2. The Morgan fingerprint density at radius 2 is 2.22 bits per heavy atom. The lowest BCUT2D eigenvalue weighted by Crippen LogP contribution is -2.40. The van der Waals surface area contributed by atoms with Crippen LogP contribution in [0.2, 0.25) is 0 Å². The molecule has 1 heteroatoms. The van der Waals surface area contributed by atoms with Crippen LogP contribution in [0.1, 0.15) is 13.3 Å². The third-order valence-corrected chi connectivity index (χ3v) is 2.72. The zero-order chi connectivity index (χ0) is 6.43. The van der Waals surface area contributed by atoms with Gasteiger partial charge in [-0.05, 0) is 24.2 Å². The van der Waals surface area contributed by atoms with E-state index in [4.69, 9.17) is 0 Å². The maximum Gasteiger partial charge on any atom is 0.0585 e. The van der Waals surface area contributed by atoms with Crippen LogP contribution in [-0.4, -0.2) is 11.2 Å². The predicted octanol–water partition coefficient (Wildman–Crippen LogP) is 1.19. The molecule has 1 fully saturated rings. The van der Waals surface area contributed by atoms with Gasteiger partial charge in [-0.3, -0.25) is 0 Å². The van der Waals surface area contributed by atoms with Gasteiger partial charge in [0, 0.05) is 0 Å². The maximum atomic E-state index is 9.25. The van der Waals surface area contributed by atoms with Gasteiger partial charge < -0.3 is 5.11 Å². The Balaban J connectivity index is 2.12. The van der Waals surface area contributed by atoms with E-state index >= 15 is 0 Å². The second-order valence-electron chi connectivity index (χ2n) is 3.29. The first-order valence-corrected chi connectivity index (χ1v) is 3.65. The highest BCUT2D eigenvalue weighted by molar-refractivity contribution is 5.13. The molecule has 0 amide bonds. The fourth-order valence-corrected chi connectivity index (χ4v) is 2.08. The van der Waals surface area contributed by atoms with Crippen molar-refractivity contribution in [2.24, 2.45) is 17.8 Å². The molecule has 1 nitrogen and oxygen atoms in total. The molecule has 0 aromatic carbocycles. The van der Waals surface area contributed by atoms with Crippen LogP contribution in [0, 0.1) is 17.8 Å². The van der Waals surface area contributed by atoms with E-state index in [0.29, 0.717) is 11.8 Å². The third-order valence-electron chi connectivity index (χ3n) is 2.72. The van der Waals surface area contributed by atoms with Crippen LogP contribution in [0.15, 0.2) is 12.2 Å². The SMILES string of the molecule is C[C@H]1C=C[C@H]2C[C@@H](O)[C@H]12. The van der Waals surface area contributed by atoms with Crippen molar-refractivity contribution in [3.8, 4) is 0 Å². The summed E-state index contributed by atoms with van der Waals surface area (Å²) in [5.41, 5.74) is 0. The van der Waals surface area contributed by atoms with Crippen molar-refractivity contribution in [2.75, 3.05) is 0 Å². The van der Waals surface area contributed by atoms with Crippen LogP contribution in [0.3, 0.4) is 0 Å². The van der Waals surface area contributed by atoms with Crippen LogP contribution >= 0.6 is 0 Å². The number of rotatable bonds is 0. The molecule has 50 valence electrons. The lowest BCUT2D eigenvalue weighted by Gasteiger charge is -2.38. The van der Waals surface area contributed by atoms with Crippen LogP contribution in [0.25, 0.3) is 0 Å². The van der Waals surface area contributed by atoms with E-state index in [1.165, 1.54) is 0 Å². The highest BCUT2D eigenvalue weighted by atomic mass is 16.3. The molecular formula is C8H12O. The molecule has 0 unspecified atom stereocenters. The zero-order valence-corrected chi connectivity index (χ0v) is 5.62. The number of aliphatic hydroxyl groups is 1. The summed E-state index contributed by atoms with van der Waals surface area (Å²) in [5, 5.41) is 9.25. The minimum atomic E-state index is -0.000000000000000222. The standard InChI is InChI=1S/C8H12O/c1-5-2-3-6-4-7(9)8(5)6/h2-3,5-9H,4H2,1H3/t5-,6-,7+,8+/m0/s1. The molecule has 2 rings (SSSR count). The molecule has 1 N–H and O–H groups in total. The van der Waals surface area contributed by atoms with Gasteiger partial charge in [0.2, 0.25) is 0 Å². The first-order chi connectivity index (χ1) is 4.29. The molecule has 2 aliphatic carbocycles. The second-order valence-corrected chi connectivity index (χ2v) is 3.29. The molecule has 0 aromatic heterocycles. The summed E-state index contributed by atoms with van der Waals surface area (Å²) >= 11 is 0. The van der Waals surface area contributed by atoms with E-state index in [0.717, 1.165) is 12.3 Å². The highest BCUT2D eigenvalue weighted by Gasteiger charge is 2.43. The predicted molar refractivity (Wildman–Crippen MR) is 35.9 cm³/mol. The van der Waals surface area contributed by atoms with Crippen molar-refractivity contribution in [3.05, 3.63) is 12.2 Å². The topological polar surface area (TPSA) is 20.2 Å². The first-order valence-electron chi connectivity index (χ1n) is 3.65. The van der Waals surface area contributed by atoms with Crippen LogP contribution < -0.4 is 0 Å². The van der Waals surface area contributed by atoms with Gasteiger partial charge >= 0.3 is 0 Å². The average Bonchev–Trinajstić information content (AvgIpc) is 2.04. The molecule has 0 radical (unpaired) electrons. The number of hydrogen-bond donors (Lipinski definition) is 1. The normalized spacial score (nSPS) is 54.9. The summed E-state index contributed by atoms with van der Waals surface area (Å²) in [4.78, 5) is 0. The van der Waals surface area contributed by atoms with Crippen molar-refractivity contribution in [2.45, 2.75) is 19.4 Å². The van der Waals surface area contributed by atoms with Crippen molar-refractivity contribution < 1.29 is 5.11 Å². The van der Waals surface area contributed by atoms with Crippen LogP contribution in [-0.2, 0) is 0 Å². The molecule has 0 aromatic rings. The minimum absolute atomic E-state index is 0.000000000000000222. The molecule has 0 heterocycles. The van der Waals surface area contributed by atoms with Gasteiger partial charge in [-0.25, -0.2) is 0 Å². The Morgan fingerprint density at radius 1 is 1.44 bits per heavy atom. The van der Waals surface area contributed by atoms with Crippen LogP contribution in [0.5, 0.6) is 0 Å². The zero-order valence-electron chi connectivity index (χ0n) is 5.62. The van der Waals surface area contributed by atoms with Crippen molar-refractivity contribution >= 4 is 0 Å². The van der Waals surface area contributed by atoms with Gasteiger partial charge in [-0.1, -0.05) is 19.1 Å². The number of aliphatic hydroxyl groups excluding tert-OH is 1. The van der Waals surface area contributed by atoms with E-state index in [-0.39, 0.29) is 6.10 Å². The monoisotopic (exact) mass is 124 g/mol. The Kier molecular flexibility index (Phi) is 0.974. The summed E-state index contributed by atoms with van der Waals surface area (Å²) in [6.45, 7) is 2.18. The summed E-state index contributed by atoms with van der Waals surface area (Å²) in [6, 6.07) is 0. The molecule has 4 atom stereocenters. The van der Waals surface area contributed by atoms with E-state index in [9.17, 15) is 5.11 Å². The third kappa shape index (κ3) is 0.584. The summed E-state index contributed by atoms with van der Waals surface area (Å²) < 4.78 is 0. The molecule has 1 saturated carbocycles. The number of hydrogen-bond acceptors (Lipinski definition) is 1. The lowest BCUT2D eigenvalue weighted by molar-refractivity contribution is -0.0219. The van der Waals surface area contributed by atoms with Gasteiger partial charge in [-0.15, -0.1) is 0 Å². The van der Waals surface area contributed by atoms with Gasteiger partial charge in [-0.2, -0.15) is 0 Å². The smallest absolute Gasteiger partial charge is 0.0585 e. The summed E-state index contributed by atoms with van der Waals surface area (Å²) in [5.74, 6) is 1.92. The second kappa shape index (κ2) is 1.60. The van der Waals surface area contributed by atoms with Gasteiger partial charge in [0.15, 0.2) is 0 Å². The van der Waals surface area contributed by atoms with Crippen molar-refractivity contribution in [1.82, 2.24) is 0 Å². The Morgan fingerprint density at radius 3 is 2.67 bits per heavy atom.